The van der Waals surface area contributed by atoms with E-state index in [1.807, 2.05) is 31.2 Å². The highest BCUT2D eigenvalue weighted by Gasteiger charge is 2.09. The number of ketones is 1. The van der Waals surface area contributed by atoms with Gasteiger partial charge in [0.1, 0.15) is 5.82 Å². The van der Waals surface area contributed by atoms with E-state index in [1.165, 1.54) is 24.3 Å². The zero-order chi connectivity index (χ0) is 14.5. The highest BCUT2D eigenvalue weighted by Crippen LogP contribution is 2.16. The van der Waals surface area contributed by atoms with Crippen LogP contribution in [0.15, 0.2) is 53.0 Å². The van der Waals surface area contributed by atoms with Crippen LogP contribution in [0.5, 0.6) is 0 Å². The first kappa shape index (κ1) is 14.9. The molecule has 0 radical (unpaired) electrons. The normalized spacial score (nSPS) is 12.2. The lowest BCUT2D eigenvalue weighted by Crippen LogP contribution is -2.26. The first-order chi connectivity index (χ1) is 9.56. The van der Waals surface area contributed by atoms with Gasteiger partial charge in [-0.2, -0.15) is 0 Å². The predicted octanol–water partition coefficient (Wildman–Crippen LogP) is 4.12. The Kier molecular flexibility index (Phi) is 5.04. The summed E-state index contributed by atoms with van der Waals surface area (Å²) in [5, 5.41) is 3.17. The Balaban J connectivity index is 1.92. The number of rotatable bonds is 5. The number of Topliss-reactive ketones (excluding diaryl/α,β-unsaturated/α-hetero) is 1. The molecule has 2 rings (SSSR count). The van der Waals surface area contributed by atoms with Gasteiger partial charge in [0, 0.05) is 16.1 Å². The average molecular weight is 336 g/mol. The Bertz CT molecular complexity index is 580. The highest BCUT2D eigenvalue weighted by atomic mass is 79.9. The van der Waals surface area contributed by atoms with Crippen molar-refractivity contribution in [3.63, 3.8) is 0 Å². The van der Waals surface area contributed by atoms with Gasteiger partial charge in [-0.25, -0.2) is 4.39 Å². The van der Waals surface area contributed by atoms with E-state index < -0.39 is 0 Å². The number of hydrogen-bond donors (Lipinski definition) is 1. The van der Waals surface area contributed by atoms with Crippen molar-refractivity contribution in [2.45, 2.75) is 13.0 Å². The fourth-order valence-corrected chi connectivity index (χ4v) is 2.12. The highest BCUT2D eigenvalue weighted by molar-refractivity contribution is 9.10. The molecule has 0 aliphatic rings. The molecule has 0 aromatic heterocycles. The van der Waals surface area contributed by atoms with Crippen molar-refractivity contribution >= 4 is 21.7 Å². The number of nitrogens with one attached hydrogen (secondary N) is 1. The van der Waals surface area contributed by atoms with Gasteiger partial charge in [0.05, 0.1) is 6.54 Å². The largest absolute Gasteiger partial charge is 0.303 e. The van der Waals surface area contributed by atoms with Crippen molar-refractivity contribution in [1.29, 1.82) is 0 Å². The van der Waals surface area contributed by atoms with Crippen LogP contribution in [0.25, 0.3) is 0 Å². The van der Waals surface area contributed by atoms with Gasteiger partial charge in [0.25, 0.3) is 0 Å². The van der Waals surface area contributed by atoms with E-state index in [1.54, 1.807) is 0 Å². The number of benzene rings is 2. The Morgan fingerprint density at radius 1 is 1.15 bits per heavy atom. The van der Waals surface area contributed by atoms with Crippen LogP contribution in [0.3, 0.4) is 0 Å². The zero-order valence-electron chi connectivity index (χ0n) is 11.1. The minimum atomic E-state index is -0.335. The molecule has 104 valence electrons. The summed E-state index contributed by atoms with van der Waals surface area (Å²) < 4.78 is 13.8. The molecule has 0 spiro atoms. The summed E-state index contributed by atoms with van der Waals surface area (Å²) in [6, 6.07) is 13.6. The van der Waals surface area contributed by atoms with Gasteiger partial charge < -0.3 is 5.32 Å². The maximum atomic E-state index is 12.8. The predicted molar refractivity (Wildman–Crippen MR) is 81.3 cm³/mol. The van der Waals surface area contributed by atoms with Crippen LogP contribution in [0.1, 0.15) is 28.9 Å². The van der Waals surface area contributed by atoms with Gasteiger partial charge in [-0.1, -0.05) is 28.1 Å². The van der Waals surface area contributed by atoms with E-state index >= 15 is 0 Å². The Morgan fingerprint density at radius 2 is 1.75 bits per heavy atom. The second-order valence-corrected chi connectivity index (χ2v) is 5.50. The zero-order valence-corrected chi connectivity index (χ0v) is 12.7. The summed E-state index contributed by atoms with van der Waals surface area (Å²) in [5.41, 5.74) is 1.63. The first-order valence-corrected chi connectivity index (χ1v) is 7.13. The summed E-state index contributed by atoms with van der Waals surface area (Å²) in [5.74, 6) is -0.383. The Labute approximate surface area is 126 Å². The van der Waals surface area contributed by atoms with Gasteiger partial charge >= 0.3 is 0 Å². The lowest BCUT2D eigenvalue weighted by Gasteiger charge is -2.13. The molecule has 4 heteroatoms. The van der Waals surface area contributed by atoms with Crippen LogP contribution >= 0.6 is 15.9 Å². The van der Waals surface area contributed by atoms with Gasteiger partial charge in [-0.15, -0.1) is 0 Å². The molecule has 0 heterocycles. The van der Waals surface area contributed by atoms with E-state index in [4.69, 9.17) is 0 Å². The van der Waals surface area contributed by atoms with Gasteiger partial charge in [0.2, 0.25) is 0 Å². The second kappa shape index (κ2) is 6.77. The molecule has 0 aliphatic carbocycles. The summed E-state index contributed by atoms with van der Waals surface area (Å²) >= 11 is 3.39. The number of carbonyl (C=O) groups is 1. The summed E-state index contributed by atoms with van der Waals surface area (Å²) in [6.45, 7) is 2.23. The maximum Gasteiger partial charge on any atom is 0.176 e. The topological polar surface area (TPSA) is 29.1 Å². The molecule has 0 bridgehead atoms. The molecule has 1 atom stereocenters. The quantitative estimate of drug-likeness (QED) is 0.832. The molecule has 20 heavy (non-hydrogen) atoms. The smallest absolute Gasteiger partial charge is 0.176 e. The molecular weight excluding hydrogens is 321 g/mol. The monoisotopic (exact) mass is 335 g/mol. The van der Waals surface area contributed by atoms with Crippen molar-refractivity contribution in [2.24, 2.45) is 0 Å². The van der Waals surface area contributed by atoms with Crippen LogP contribution in [0, 0.1) is 5.82 Å². The van der Waals surface area contributed by atoms with E-state index in [2.05, 4.69) is 21.2 Å². The number of hydrogen-bond acceptors (Lipinski definition) is 2. The van der Waals surface area contributed by atoms with E-state index in [-0.39, 0.29) is 24.2 Å². The van der Waals surface area contributed by atoms with Crippen molar-refractivity contribution in [3.05, 3.63) is 69.9 Å². The minimum Gasteiger partial charge on any atom is -0.303 e. The molecule has 2 aromatic rings. The van der Waals surface area contributed by atoms with E-state index in [0.717, 1.165) is 10.0 Å². The third-order valence-corrected chi connectivity index (χ3v) is 3.63. The fourth-order valence-electron chi connectivity index (χ4n) is 1.85. The minimum absolute atomic E-state index is 0.0473. The van der Waals surface area contributed by atoms with Crippen LogP contribution in [-0.4, -0.2) is 12.3 Å². The fraction of sp³-hybridized carbons (Fsp3) is 0.188. The third kappa shape index (κ3) is 3.99. The second-order valence-electron chi connectivity index (χ2n) is 4.58. The molecule has 0 saturated carbocycles. The molecule has 1 unspecified atom stereocenters. The molecule has 2 aromatic carbocycles. The molecule has 0 aliphatic heterocycles. The molecule has 0 amide bonds. The van der Waals surface area contributed by atoms with Gasteiger partial charge in [0.15, 0.2) is 5.78 Å². The number of carbonyl (C=O) groups excluding carboxylic acids is 1. The SMILES string of the molecule is CC(NCC(=O)c1ccc(F)cc1)c1ccc(Br)cc1. The van der Waals surface area contributed by atoms with Gasteiger partial charge in [-0.3, -0.25) is 4.79 Å². The average Bonchev–Trinajstić information content (AvgIpc) is 2.46. The molecule has 1 N–H and O–H groups in total. The number of halogens is 2. The molecule has 0 saturated heterocycles. The standard InChI is InChI=1S/C16H15BrFNO/c1-11(12-2-6-14(17)7-3-12)19-10-16(20)13-4-8-15(18)9-5-13/h2-9,11,19H,10H2,1H3. The van der Waals surface area contributed by atoms with Crippen molar-refractivity contribution < 1.29 is 9.18 Å². The van der Waals surface area contributed by atoms with Crippen molar-refractivity contribution in [2.75, 3.05) is 6.54 Å². The lowest BCUT2D eigenvalue weighted by atomic mass is 10.1. The Morgan fingerprint density at radius 3 is 2.35 bits per heavy atom. The van der Waals surface area contributed by atoms with Crippen molar-refractivity contribution in [1.82, 2.24) is 5.32 Å². The lowest BCUT2D eigenvalue weighted by molar-refractivity contribution is 0.0988. The Hall–Kier alpha value is -1.52. The first-order valence-electron chi connectivity index (χ1n) is 6.34. The van der Waals surface area contributed by atoms with Crippen LogP contribution in [0.4, 0.5) is 4.39 Å². The van der Waals surface area contributed by atoms with Crippen LogP contribution in [-0.2, 0) is 0 Å². The van der Waals surface area contributed by atoms with E-state index in [0.29, 0.717) is 5.56 Å². The summed E-state index contributed by atoms with van der Waals surface area (Å²) in [4.78, 5) is 12.0. The van der Waals surface area contributed by atoms with Crippen LogP contribution < -0.4 is 5.32 Å². The van der Waals surface area contributed by atoms with Gasteiger partial charge in [-0.05, 0) is 48.9 Å². The van der Waals surface area contributed by atoms with E-state index in [9.17, 15) is 9.18 Å². The molecular formula is C16H15BrFNO. The maximum absolute atomic E-state index is 12.8. The summed E-state index contributed by atoms with van der Waals surface area (Å²) in [7, 11) is 0. The van der Waals surface area contributed by atoms with Crippen LogP contribution in [0.2, 0.25) is 0 Å². The van der Waals surface area contributed by atoms with Crippen molar-refractivity contribution in [3.8, 4) is 0 Å². The molecule has 2 nitrogen and oxygen atoms in total. The molecule has 0 fully saturated rings. The third-order valence-electron chi connectivity index (χ3n) is 3.11. The summed E-state index contributed by atoms with van der Waals surface area (Å²) in [6.07, 6.45) is 0.